The molecule has 124 valence electrons. The van der Waals surface area contributed by atoms with Gasteiger partial charge in [0.15, 0.2) is 5.96 Å². The van der Waals surface area contributed by atoms with E-state index in [4.69, 9.17) is 10.5 Å². The first-order chi connectivity index (χ1) is 10.7. The maximum Gasteiger partial charge on any atom is 0.193 e. The van der Waals surface area contributed by atoms with Crippen molar-refractivity contribution in [2.75, 3.05) is 18.5 Å². The SMILES string of the molecule is CCc1ccc(NC(N)=NCCOc2cccc(C)c2)cc1.I. The van der Waals surface area contributed by atoms with Gasteiger partial charge in [-0.25, -0.2) is 4.99 Å². The van der Waals surface area contributed by atoms with Crippen LogP contribution in [0.1, 0.15) is 18.1 Å². The van der Waals surface area contributed by atoms with Crippen LogP contribution in [0.4, 0.5) is 5.69 Å². The third-order valence-corrected chi connectivity index (χ3v) is 3.27. The summed E-state index contributed by atoms with van der Waals surface area (Å²) in [7, 11) is 0. The molecule has 4 nitrogen and oxygen atoms in total. The van der Waals surface area contributed by atoms with Crippen LogP contribution in [-0.4, -0.2) is 19.1 Å². The molecule has 0 aliphatic carbocycles. The van der Waals surface area contributed by atoms with Crippen molar-refractivity contribution < 1.29 is 4.74 Å². The van der Waals surface area contributed by atoms with E-state index in [9.17, 15) is 0 Å². The maximum absolute atomic E-state index is 5.86. The molecular weight excluding hydrogens is 401 g/mol. The highest BCUT2D eigenvalue weighted by Crippen LogP contribution is 2.12. The third kappa shape index (κ3) is 6.90. The number of hydrogen-bond acceptors (Lipinski definition) is 2. The van der Waals surface area contributed by atoms with Gasteiger partial charge in [0, 0.05) is 5.69 Å². The van der Waals surface area contributed by atoms with E-state index in [1.807, 2.05) is 43.3 Å². The first kappa shape index (κ1) is 19.3. The van der Waals surface area contributed by atoms with E-state index < -0.39 is 0 Å². The number of benzene rings is 2. The summed E-state index contributed by atoms with van der Waals surface area (Å²) in [6.45, 7) is 5.18. The van der Waals surface area contributed by atoms with Crippen molar-refractivity contribution >= 4 is 35.6 Å². The van der Waals surface area contributed by atoms with Gasteiger partial charge in [0.05, 0.1) is 6.54 Å². The smallest absolute Gasteiger partial charge is 0.193 e. The molecule has 2 aromatic rings. The minimum Gasteiger partial charge on any atom is -0.492 e. The highest BCUT2D eigenvalue weighted by atomic mass is 127. The Morgan fingerprint density at radius 3 is 2.57 bits per heavy atom. The van der Waals surface area contributed by atoms with Gasteiger partial charge in [0.2, 0.25) is 0 Å². The van der Waals surface area contributed by atoms with Crippen LogP contribution in [0.2, 0.25) is 0 Å². The molecule has 0 saturated heterocycles. The molecule has 0 heterocycles. The quantitative estimate of drug-likeness (QED) is 0.319. The van der Waals surface area contributed by atoms with Gasteiger partial charge in [-0.05, 0) is 48.7 Å². The monoisotopic (exact) mass is 425 g/mol. The van der Waals surface area contributed by atoms with Crippen molar-refractivity contribution in [3.63, 3.8) is 0 Å². The molecule has 3 N–H and O–H groups in total. The zero-order chi connectivity index (χ0) is 15.8. The zero-order valence-corrected chi connectivity index (χ0v) is 15.9. The number of nitrogens with two attached hydrogens (primary N) is 1. The van der Waals surface area contributed by atoms with E-state index in [0.29, 0.717) is 19.1 Å². The molecule has 0 aromatic heterocycles. The van der Waals surface area contributed by atoms with Crippen LogP contribution < -0.4 is 15.8 Å². The number of rotatable bonds is 6. The molecule has 0 bridgehead atoms. The molecule has 5 heteroatoms. The van der Waals surface area contributed by atoms with Gasteiger partial charge in [0.25, 0.3) is 0 Å². The van der Waals surface area contributed by atoms with Gasteiger partial charge in [-0.2, -0.15) is 0 Å². The Hall–Kier alpha value is -1.76. The summed E-state index contributed by atoms with van der Waals surface area (Å²) >= 11 is 0. The van der Waals surface area contributed by atoms with E-state index in [2.05, 4.69) is 29.4 Å². The van der Waals surface area contributed by atoms with Gasteiger partial charge in [-0.15, -0.1) is 24.0 Å². The lowest BCUT2D eigenvalue weighted by Gasteiger charge is -2.07. The largest absolute Gasteiger partial charge is 0.492 e. The van der Waals surface area contributed by atoms with Gasteiger partial charge in [-0.3, -0.25) is 0 Å². The Kier molecular flexibility index (Phi) is 8.47. The molecule has 0 amide bonds. The predicted octanol–water partition coefficient (Wildman–Crippen LogP) is 3.98. The van der Waals surface area contributed by atoms with Crippen LogP contribution in [0.25, 0.3) is 0 Å². The number of nitrogens with zero attached hydrogens (tertiary/aromatic N) is 1. The van der Waals surface area contributed by atoms with Crippen LogP contribution in [0, 0.1) is 6.92 Å². The Bertz CT molecular complexity index is 626. The van der Waals surface area contributed by atoms with Crippen molar-refractivity contribution in [3.8, 4) is 5.75 Å². The minimum absolute atomic E-state index is 0. The highest BCUT2D eigenvalue weighted by Gasteiger charge is 1.96. The molecule has 0 radical (unpaired) electrons. The maximum atomic E-state index is 5.86. The number of anilines is 1. The predicted molar refractivity (Wildman–Crippen MR) is 108 cm³/mol. The summed E-state index contributed by atoms with van der Waals surface area (Å²) in [5.41, 5.74) is 9.28. The summed E-state index contributed by atoms with van der Waals surface area (Å²) < 4.78 is 5.63. The van der Waals surface area contributed by atoms with E-state index in [1.54, 1.807) is 0 Å². The van der Waals surface area contributed by atoms with Gasteiger partial charge in [-0.1, -0.05) is 31.2 Å². The molecule has 0 fully saturated rings. The number of nitrogens with one attached hydrogen (secondary N) is 1. The number of aliphatic imine (C=N–C) groups is 1. The van der Waals surface area contributed by atoms with E-state index in [1.165, 1.54) is 11.1 Å². The number of aryl methyl sites for hydroxylation is 2. The van der Waals surface area contributed by atoms with Crippen LogP contribution in [0.5, 0.6) is 5.75 Å². The summed E-state index contributed by atoms with van der Waals surface area (Å²) in [4.78, 5) is 4.26. The first-order valence-electron chi connectivity index (χ1n) is 7.52. The lowest BCUT2D eigenvalue weighted by atomic mass is 10.1. The summed E-state index contributed by atoms with van der Waals surface area (Å²) in [6, 6.07) is 16.1. The average molecular weight is 425 g/mol. The number of guanidine groups is 1. The van der Waals surface area contributed by atoms with Crippen LogP contribution >= 0.6 is 24.0 Å². The second kappa shape index (κ2) is 10.1. The normalized spacial score (nSPS) is 10.8. The molecule has 0 atom stereocenters. The van der Waals surface area contributed by atoms with E-state index >= 15 is 0 Å². The van der Waals surface area contributed by atoms with Crippen molar-refractivity contribution in [2.24, 2.45) is 10.7 Å². The fourth-order valence-electron chi connectivity index (χ4n) is 2.05. The Morgan fingerprint density at radius 2 is 1.91 bits per heavy atom. The third-order valence-electron chi connectivity index (χ3n) is 3.27. The van der Waals surface area contributed by atoms with E-state index in [-0.39, 0.29) is 24.0 Å². The molecule has 0 aliphatic heterocycles. The fourth-order valence-corrected chi connectivity index (χ4v) is 2.05. The summed E-state index contributed by atoms with van der Waals surface area (Å²) in [5.74, 6) is 1.26. The molecule has 0 aliphatic rings. The van der Waals surface area contributed by atoms with E-state index in [0.717, 1.165) is 17.9 Å². The lowest BCUT2D eigenvalue weighted by Crippen LogP contribution is -2.23. The Morgan fingerprint density at radius 1 is 1.17 bits per heavy atom. The van der Waals surface area contributed by atoms with Gasteiger partial charge < -0.3 is 15.8 Å². The van der Waals surface area contributed by atoms with Crippen molar-refractivity contribution in [3.05, 3.63) is 59.7 Å². The molecule has 0 unspecified atom stereocenters. The average Bonchev–Trinajstić information content (AvgIpc) is 2.52. The number of ether oxygens (including phenoxy) is 1. The standard InChI is InChI=1S/C18H23N3O.HI/c1-3-15-7-9-16(10-8-15)21-18(19)20-11-12-22-17-6-4-5-14(2)13-17;/h4-10,13H,3,11-12H2,1-2H3,(H3,19,20,21);1H. The van der Waals surface area contributed by atoms with Crippen molar-refractivity contribution in [2.45, 2.75) is 20.3 Å². The van der Waals surface area contributed by atoms with Crippen molar-refractivity contribution in [1.82, 2.24) is 0 Å². The van der Waals surface area contributed by atoms with Crippen LogP contribution in [0.15, 0.2) is 53.5 Å². The van der Waals surface area contributed by atoms with Gasteiger partial charge >= 0.3 is 0 Å². The van der Waals surface area contributed by atoms with Gasteiger partial charge in [0.1, 0.15) is 12.4 Å². The van der Waals surface area contributed by atoms with Crippen LogP contribution in [-0.2, 0) is 6.42 Å². The second-order valence-electron chi connectivity index (χ2n) is 5.11. The minimum atomic E-state index is 0. The molecule has 23 heavy (non-hydrogen) atoms. The Balaban J connectivity index is 0.00000264. The Labute approximate surface area is 155 Å². The summed E-state index contributed by atoms with van der Waals surface area (Å²) in [5, 5.41) is 3.07. The number of hydrogen-bond donors (Lipinski definition) is 2. The molecular formula is C18H24IN3O. The second-order valence-corrected chi connectivity index (χ2v) is 5.11. The molecule has 2 aromatic carbocycles. The van der Waals surface area contributed by atoms with Crippen molar-refractivity contribution in [1.29, 1.82) is 0 Å². The first-order valence-corrected chi connectivity index (χ1v) is 7.52. The molecule has 0 saturated carbocycles. The molecule has 2 rings (SSSR count). The fraction of sp³-hybridized carbons (Fsp3) is 0.278. The lowest BCUT2D eigenvalue weighted by molar-refractivity contribution is 0.328. The highest BCUT2D eigenvalue weighted by molar-refractivity contribution is 14.0. The topological polar surface area (TPSA) is 59.6 Å². The number of halogens is 1. The zero-order valence-electron chi connectivity index (χ0n) is 13.6. The summed E-state index contributed by atoms with van der Waals surface area (Å²) in [6.07, 6.45) is 1.03. The van der Waals surface area contributed by atoms with Crippen LogP contribution in [0.3, 0.4) is 0 Å². The molecule has 0 spiro atoms.